The zero-order valence-corrected chi connectivity index (χ0v) is 5.92. The molecule has 0 aliphatic rings. The predicted octanol–water partition coefficient (Wildman–Crippen LogP) is 0.609. The second-order valence-corrected chi connectivity index (χ2v) is 1.47. The quantitative estimate of drug-likeness (QED) is 0.337. The number of methoxy groups -OCH3 is 1. The van der Waals surface area contributed by atoms with Gasteiger partial charge in [-0.05, 0) is 6.92 Å². The molecule has 0 atom stereocenters. The molecule has 0 spiro atoms. The lowest BCUT2D eigenvalue weighted by Crippen LogP contribution is -2.02. The maximum atomic E-state index is 4.74. The summed E-state index contributed by atoms with van der Waals surface area (Å²) in [5.74, 6) is 0. The van der Waals surface area contributed by atoms with Crippen LogP contribution in [0.5, 0.6) is 0 Å². The zero-order chi connectivity index (χ0) is 6.95. The summed E-state index contributed by atoms with van der Waals surface area (Å²) >= 11 is 0. The topological polar surface area (TPSA) is 46.0 Å². The second-order valence-electron chi connectivity index (χ2n) is 1.47. The highest BCUT2D eigenvalue weighted by molar-refractivity contribution is 4.32. The normalized spacial score (nSPS) is 10.4. The van der Waals surface area contributed by atoms with E-state index in [1.165, 1.54) is 0 Å². The zero-order valence-electron chi connectivity index (χ0n) is 5.92. The van der Waals surface area contributed by atoms with E-state index < -0.39 is 0 Å². The lowest BCUT2D eigenvalue weighted by molar-refractivity contribution is 0.206. The second kappa shape index (κ2) is 7.36. The highest BCUT2D eigenvalue weighted by Gasteiger charge is 1.76. The first kappa shape index (κ1) is 8.36. The highest BCUT2D eigenvalue weighted by atomic mass is 16.5. The van der Waals surface area contributed by atoms with Crippen molar-refractivity contribution in [2.24, 2.45) is 10.3 Å². The van der Waals surface area contributed by atoms with E-state index in [4.69, 9.17) is 4.74 Å². The van der Waals surface area contributed by atoms with Gasteiger partial charge in [-0.2, -0.15) is 5.11 Å². The lowest BCUT2D eigenvalue weighted by atomic mass is 10.7. The van der Waals surface area contributed by atoms with Crippen LogP contribution in [-0.2, 0) is 4.74 Å². The molecule has 0 aromatic carbocycles. The van der Waals surface area contributed by atoms with Crippen LogP contribution in [0, 0.1) is 0 Å². The third-order valence-electron chi connectivity index (χ3n) is 0.695. The molecule has 0 saturated heterocycles. The van der Waals surface area contributed by atoms with Crippen molar-refractivity contribution in [1.29, 1.82) is 0 Å². The summed E-state index contributed by atoms with van der Waals surface area (Å²) < 4.78 is 4.74. The third kappa shape index (κ3) is 7.36. The van der Waals surface area contributed by atoms with Crippen molar-refractivity contribution in [1.82, 2.24) is 5.43 Å². The summed E-state index contributed by atoms with van der Waals surface area (Å²) in [4.78, 5) is 0. The Labute approximate surface area is 55.3 Å². The number of rotatable bonds is 5. The standard InChI is InChI=1S/C5H13N3O/c1-3-6-8-7-4-5-9-2/h3-5H2,1-2H3,(H,6,7). The molecule has 0 radical (unpaired) electrons. The van der Waals surface area contributed by atoms with Crippen LogP contribution >= 0.6 is 0 Å². The monoisotopic (exact) mass is 131 g/mol. The van der Waals surface area contributed by atoms with Gasteiger partial charge in [0.15, 0.2) is 0 Å². The first-order valence-corrected chi connectivity index (χ1v) is 3.00. The Hall–Kier alpha value is -0.640. The minimum absolute atomic E-state index is 0.628. The molecular formula is C5H13N3O. The molecule has 1 N–H and O–H groups in total. The molecule has 0 bridgehead atoms. The summed E-state index contributed by atoms with van der Waals surface area (Å²) in [5, 5.41) is 7.36. The number of ether oxygens (including phenoxy) is 1. The van der Waals surface area contributed by atoms with Crippen molar-refractivity contribution in [2.75, 3.05) is 26.8 Å². The van der Waals surface area contributed by atoms with Gasteiger partial charge in [-0.25, -0.2) is 0 Å². The molecular weight excluding hydrogens is 118 g/mol. The van der Waals surface area contributed by atoms with Crippen molar-refractivity contribution in [3.05, 3.63) is 0 Å². The first-order valence-electron chi connectivity index (χ1n) is 3.00. The van der Waals surface area contributed by atoms with Gasteiger partial charge in [0, 0.05) is 13.7 Å². The minimum Gasteiger partial charge on any atom is -0.383 e. The molecule has 0 saturated carbocycles. The van der Waals surface area contributed by atoms with E-state index in [0.29, 0.717) is 13.2 Å². The molecule has 0 heterocycles. The van der Waals surface area contributed by atoms with E-state index in [0.717, 1.165) is 6.54 Å². The average Bonchev–Trinajstić information content (AvgIpc) is 1.89. The van der Waals surface area contributed by atoms with Crippen LogP contribution in [0.4, 0.5) is 0 Å². The summed E-state index contributed by atoms with van der Waals surface area (Å²) in [6.45, 7) is 4.05. The Balaban J connectivity index is 2.86. The Morgan fingerprint density at radius 1 is 1.56 bits per heavy atom. The fourth-order valence-corrected chi connectivity index (χ4v) is 0.303. The molecule has 0 aliphatic carbocycles. The summed E-state index contributed by atoms with van der Waals surface area (Å²) in [6.07, 6.45) is 0. The van der Waals surface area contributed by atoms with Crippen molar-refractivity contribution in [3.63, 3.8) is 0 Å². The Morgan fingerprint density at radius 2 is 2.33 bits per heavy atom. The maximum Gasteiger partial charge on any atom is 0.0854 e. The van der Waals surface area contributed by atoms with Gasteiger partial charge in [-0.3, -0.25) is 5.43 Å². The highest BCUT2D eigenvalue weighted by Crippen LogP contribution is 1.72. The van der Waals surface area contributed by atoms with Crippen molar-refractivity contribution in [2.45, 2.75) is 6.92 Å². The Bertz CT molecular complexity index is 74.6. The number of nitrogens with one attached hydrogen (secondary N) is 1. The molecule has 0 fully saturated rings. The number of hydrogen-bond donors (Lipinski definition) is 1. The smallest absolute Gasteiger partial charge is 0.0854 e. The van der Waals surface area contributed by atoms with Gasteiger partial charge < -0.3 is 4.74 Å². The van der Waals surface area contributed by atoms with E-state index in [9.17, 15) is 0 Å². The van der Waals surface area contributed by atoms with E-state index >= 15 is 0 Å². The third-order valence-corrected chi connectivity index (χ3v) is 0.695. The van der Waals surface area contributed by atoms with Crippen LogP contribution in [0.3, 0.4) is 0 Å². The Morgan fingerprint density at radius 3 is 2.89 bits per heavy atom. The van der Waals surface area contributed by atoms with E-state index in [2.05, 4.69) is 15.8 Å². The van der Waals surface area contributed by atoms with Crippen molar-refractivity contribution >= 4 is 0 Å². The summed E-state index contributed by atoms with van der Waals surface area (Å²) in [6, 6.07) is 0. The predicted molar refractivity (Wildman–Crippen MR) is 35.3 cm³/mol. The summed E-state index contributed by atoms with van der Waals surface area (Å²) in [7, 11) is 1.64. The van der Waals surface area contributed by atoms with Crippen LogP contribution in [0.1, 0.15) is 6.92 Å². The van der Waals surface area contributed by atoms with Gasteiger partial charge in [0.25, 0.3) is 0 Å². The van der Waals surface area contributed by atoms with Crippen LogP contribution in [0.2, 0.25) is 0 Å². The largest absolute Gasteiger partial charge is 0.383 e. The minimum atomic E-state index is 0.628. The molecule has 0 aromatic rings. The average molecular weight is 131 g/mol. The Kier molecular flexibility index (Phi) is 6.84. The molecule has 54 valence electrons. The van der Waals surface area contributed by atoms with E-state index in [-0.39, 0.29) is 0 Å². The van der Waals surface area contributed by atoms with Crippen molar-refractivity contribution in [3.8, 4) is 0 Å². The van der Waals surface area contributed by atoms with Crippen molar-refractivity contribution < 1.29 is 4.74 Å². The van der Waals surface area contributed by atoms with Gasteiger partial charge >= 0.3 is 0 Å². The molecule has 0 aromatic heterocycles. The van der Waals surface area contributed by atoms with E-state index in [1.807, 2.05) is 6.92 Å². The van der Waals surface area contributed by atoms with Gasteiger partial charge in [0.1, 0.15) is 0 Å². The maximum absolute atomic E-state index is 4.74. The molecule has 4 nitrogen and oxygen atoms in total. The SMILES string of the molecule is CCNN=NCCOC. The first-order chi connectivity index (χ1) is 4.41. The molecule has 4 heteroatoms. The van der Waals surface area contributed by atoms with Crippen LogP contribution in [-0.4, -0.2) is 26.8 Å². The van der Waals surface area contributed by atoms with Gasteiger partial charge in [0.05, 0.1) is 13.2 Å². The van der Waals surface area contributed by atoms with Gasteiger partial charge in [-0.15, -0.1) is 0 Å². The molecule has 0 rings (SSSR count). The van der Waals surface area contributed by atoms with Crippen LogP contribution < -0.4 is 5.43 Å². The molecule has 0 amide bonds. The summed E-state index contributed by atoms with van der Waals surface area (Å²) in [5.41, 5.74) is 2.71. The van der Waals surface area contributed by atoms with Crippen LogP contribution in [0.15, 0.2) is 10.3 Å². The molecule has 0 aliphatic heterocycles. The van der Waals surface area contributed by atoms with Gasteiger partial charge in [0.2, 0.25) is 0 Å². The fraction of sp³-hybridized carbons (Fsp3) is 1.00. The lowest BCUT2D eigenvalue weighted by Gasteiger charge is -1.90. The van der Waals surface area contributed by atoms with Gasteiger partial charge in [-0.1, -0.05) is 5.22 Å². The van der Waals surface area contributed by atoms with Crippen LogP contribution in [0.25, 0.3) is 0 Å². The fourth-order valence-electron chi connectivity index (χ4n) is 0.303. The van der Waals surface area contributed by atoms with E-state index in [1.54, 1.807) is 7.11 Å². The number of nitrogens with zero attached hydrogens (tertiary/aromatic N) is 2. The molecule has 9 heavy (non-hydrogen) atoms. The number of hydrogen-bond acceptors (Lipinski definition) is 3. The molecule has 0 unspecified atom stereocenters.